The van der Waals surface area contributed by atoms with E-state index in [0.29, 0.717) is 4.77 Å². The Hall–Kier alpha value is -2.27. The van der Waals surface area contributed by atoms with Crippen LogP contribution in [0.15, 0.2) is 48.8 Å². The highest BCUT2D eigenvalue weighted by Gasteiger charge is 2.12. The number of hydrogen-bond acceptors (Lipinski definition) is 3. The molecule has 0 saturated heterocycles. The van der Waals surface area contributed by atoms with E-state index < -0.39 is 0 Å². The third kappa shape index (κ3) is 2.16. The van der Waals surface area contributed by atoms with Crippen LogP contribution in [0, 0.1) is 4.77 Å². The van der Waals surface area contributed by atoms with Crippen LogP contribution in [0.1, 0.15) is 12.5 Å². The molecule has 0 atom stereocenters. The molecule has 0 fully saturated rings. The Labute approximate surface area is 122 Å². The number of aromatic amines is 1. The summed E-state index contributed by atoms with van der Waals surface area (Å²) in [5.41, 5.74) is 3.23. The highest BCUT2D eigenvalue weighted by molar-refractivity contribution is 7.71. The van der Waals surface area contributed by atoms with E-state index in [2.05, 4.69) is 34.2 Å². The van der Waals surface area contributed by atoms with Crippen molar-refractivity contribution in [1.29, 1.82) is 0 Å². The molecule has 3 aromatic rings. The second kappa shape index (κ2) is 5.38. The van der Waals surface area contributed by atoms with Gasteiger partial charge in [-0.3, -0.25) is 14.6 Å². The van der Waals surface area contributed by atoms with Gasteiger partial charge in [0.1, 0.15) is 0 Å². The van der Waals surface area contributed by atoms with Crippen LogP contribution in [0.3, 0.4) is 0 Å². The zero-order chi connectivity index (χ0) is 13.9. The summed E-state index contributed by atoms with van der Waals surface area (Å²) in [6, 6.07) is 12.1. The molecule has 3 rings (SSSR count). The average Bonchev–Trinajstić information content (AvgIpc) is 2.89. The quantitative estimate of drug-likeness (QED) is 0.747. The van der Waals surface area contributed by atoms with Crippen LogP contribution in [0.2, 0.25) is 0 Å². The number of H-pyrrole nitrogens is 1. The lowest BCUT2D eigenvalue weighted by Gasteiger charge is -2.11. The van der Waals surface area contributed by atoms with Crippen molar-refractivity contribution in [2.24, 2.45) is 0 Å². The largest absolute Gasteiger partial charge is 0.268 e. The molecule has 0 saturated carbocycles. The summed E-state index contributed by atoms with van der Waals surface area (Å²) in [5.74, 6) is 0.781. The molecule has 0 bridgehead atoms. The third-order valence-corrected chi connectivity index (χ3v) is 3.48. The van der Waals surface area contributed by atoms with Gasteiger partial charge < -0.3 is 0 Å². The molecule has 0 radical (unpaired) electrons. The van der Waals surface area contributed by atoms with E-state index in [0.717, 1.165) is 23.5 Å². The van der Waals surface area contributed by atoms with E-state index >= 15 is 0 Å². The van der Waals surface area contributed by atoms with Crippen LogP contribution < -0.4 is 0 Å². The zero-order valence-electron chi connectivity index (χ0n) is 11.1. The first kappa shape index (κ1) is 12.7. The Kier molecular flexibility index (Phi) is 3.43. The molecular weight excluding hydrogens is 268 g/mol. The Morgan fingerprint density at radius 3 is 2.80 bits per heavy atom. The summed E-state index contributed by atoms with van der Waals surface area (Å²) < 4.78 is 2.55. The first-order valence-corrected chi connectivity index (χ1v) is 6.88. The van der Waals surface area contributed by atoms with Crippen LogP contribution in [-0.2, 0) is 6.42 Å². The maximum Gasteiger partial charge on any atom is 0.200 e. The molecule has 0 aliphatic heterocycles. The van der Waals surface area contributed by atoms with Gasteiger partial charge in [0.2, 0.25) is 0 Å². The lowest BCUT2D eigenvalue weighted by atomic mass is 10.1. The predicted octanol–water partition coefficient (Wildman–Crippen LogP) is 3.55. The zero-order valence-corrected chi connectivity index (χ0v) is 11.9. The Morgan fingerprint density at radius 1 is 1.20 bits per heavy atom. The molecule has 2 aromatic heterocycles. The van der Waals surface area contributed by atoms with Crippen molar-refractivity contribution < 1.29 is 0 Å². The fourth-order valence-electron chi connectivity index (χ4n) is 2.24. The lowest BCUT2D eigenvalue weighted by Crippen LogP contribution is -2.01. The molecular formula is C15H14N4S. The number of benzene rings is 1. The van der Waals surface area contributed by atoms with E-state index in [1.54, 1.807) is 12.4 Å². The summed E-state index contributed by atoms with van der Waals surface area (Å²) in [6.07, 6.45) is 4.47. The van der Waals surface area contributed by atoms with Gasteiger partial charge in [0.15, 0.2) is 10.6 Å². The minimum absolute atomic E-state index is 0.588. The standard InChI is InChI=1S/C15H14N4S/c1-2-11-6-3-4-8-13(11)19-14(17-18-15(19)20)12-7-5-9-16-10-12/h3-10H,2H2,1H3,(H,18,20). The van der Waals surface area contributed by atoms with Crippen molar-refractivity contribution in [3.8, 4) is 17.1 Å². The number of nitrogens with zero attached hydrogens (tertiary/aromatic N) is 3. The van der Waals surface area contributed by atoms with E-state index in [4.69, 9.17) is 12.2 Å². The van der Waals surface area contributed by atoms with E-state index in [9.17, 15) is 0 Å². The summed E-state index contributed by atoms with van der Waals surface area (Å²) in [5, 5.41) is 7.22. The lowest BCUT2D eigenvalue weighted by molar-refractivity contribution is 0.991. The smallest absolute Gasteiger partial charge is 0.200 e. The Morgan fingerprint density at radius 2 is 2.05 bits per heavy atom. The number of pyridine rings is 1. The van der Waals surface area contributed by atoms with Crippen molar-refractivity contribution in [3.63, 3.8) is 0 Å². The normalized spacial score (nSPS) is 10.7. The summed E-state index contributed by atoms with van der Waals surface area (Å²) in [4.78, 5) is 4.15. The van der Waals surface area contributed by atoms with Crippen molar-refractivity contribution in [2.45, 2.75) is 13.3 Å². The van der Waals surface area contributed by atoms with E-state index in [1.807, 2.05) is 28.8 Å². The van der Waals surface area contributed by atoms with Gasteiger partial charge in [0.05, 0.1) is 5.69 Å². The van der Waals surface area contributed by atoms with E-state index in [1.165, 1.54) is 5.56 Å². The van der Waals surface area contributed by atoms with Crippen LogP contribution in [0.25, 0.3) is 17.1 Å². The molecule has 4 nitrogen and oxygen atoms in total. The molecule has 2 heterocycles. The minimum atomic E-state index is 0.588. The first-order valence-electron chi connectivity index (χ1n) is 6.47. The van der Waals surface area contributed by atoms with Crippen LogP contribution in [-0.4, -0.2) is 19.7 Å². The van der Waals surface area contributed by atoms with Gasteiger partial charge in [-0.05, 0) is 42.4 Å². The summed E-state index contributed by atoms with van der Waals surface area (Å²) in [6.45, 7) is 2.13. The summed E-state index contributed by atoms with van der Waals surface area (Å²) in [7, 11) is 0. The van der Waals surface area contributed by atoms with Crippen molar-refractivity contribution in [3.05, 3.63) is 59.1 Å². The fraction of sp³-hybridized carbons (Fsp3) is 0.133. The molecule has 0 spiro atoms. The molecule has 0 unspecified atom stereocenters. The van der Waals surface area contributed by atoms with Crippen molar-refractivity contribution in [1.82, 2.24) is 19.7 Å². The molecule has 0 aliphatic rings. The topological polar surface area (TPSA) is 46.5 Å². The number of aromatic nitrogens is 4. The SMILES string of the molecule is CCc1ccccc1-n1c(-c2cccnc2)n[nH]c1=S. The minimum Gasteiger partial charge on any atom is -0.268 e. The number of rotatable bonds is 3. The highest BCUT2D eigenvalue weighted by atomic mass is 32.1. The monoisotopic (exact) mass is 282 g/mol. The molecule has 0 amide bonds. The van der Waals surface area contributed by atoms with Crippen LogP contribution in [0.5, 0.6) is 0 Å². The number of nitrogens with one attached hydrogen (secondary N) is 1. The van der Waals surface area contributed by atoms with Gasteiger partial charge in [-0.15, -0.1) is 0 Å². The van der Waals surface area contributed by atoms with Crippen LogP contribution in [0.4, 0.5) is 0 Å². The molecule has 1 N–H and O–H groups in total. The number of aryl methyl sites for hydroxylation is 1. The maximum atomic E-state index is 5.39. The van der Waals surface area contributed by atoms with Gasteiger partial charge in [-0.1, -0.05) is 25.1 Å². The Bertz CT molecular complexity index is 774. The molecule has 100 valence electrons. The second-order valence-electron chi connectivity index (χ2n) is 4.41. The molecule has 1 aromatic carbocycles. The van der Waals surface area contributed by atoms with Gasteiger partial charge in [0.25, 0.3) is 0 Å². The van der Waals surface area contributed by atoms with E-state index in [-0.39, 0.29) is 0 Å². The van der Waals surface area contributed by atoms with Gasteiger partial charge in [-0.2, -0.15) is 5.10 Å². The van der Waals surface area contributed by atoms with Gasteiger partial charge in [0, 0.05) is 18.0 Å². The average molecular weight is 282 g/mol. The predicted molar refractivity (Wildman–Crippen MR) is 81.4 cm³/mol. The molecule has 0 aliphatic carbocycles. The van der Waals surface area contributed by atoms with Gasteiger partial charge >= 0.3 is 0 Å². The number of para-hydroxylation sites is 1. The summed E-state index contributed by atoms with van der Waals surface area (Å²) >= 11 is 5.39. The third-order valence-electron chi connectivity index (χ3n) is 3.21. The first-order chi connectivity index (χ1) is 9.81. The van der Waals surface area contributed by atoms with Crippen molar-refractivity contribution >= 4 is 12.2 Å². The Balaban J connectivity index is 2.25. The highest BCUT2D eigenvalue weighted by Crippen LogP contribution is 2.23. The van der Waals surface area contributed by atoms with Crippen LogP contribution >= 0.6 is 12.2 Å². The fourth-order valence-corrected chi connectivity index (χ4v) is 2.47. The van der Waals surface area contributed by atoms with Crippen molar-refractivity contribution in [2.75, 3.05) is 0 Å². The second-order valence-corrected chi connectivity index (χ2v) is 4.80. The molecule has 5 heteroatoms. The maximum absolute atomic E-state index is 5.39. The molecule has 20 heavy (non-hydrogen) atoms. The number of hydrogen-bond donors (Lipinski definition) is 1. The van der Waals surface area contributed by atoms with Gasteiger partial charge in [-0.25, -0.2) is 0 Å².